The van der Waals surface area contributed by atoms with Crippen LogP contribution in [0.5, 0.6) is 0 Å². The van der Waals surface area contributed by atoms with E-state index in [1.54, 1.807) is 20.8 Å². The summed E-state index contributed by atoms with van der Waals surface area (Å²) in [6, 6.07) is 0. The van der Waals surface area contributed by atoms with Crippen molar-refractivity contribution >= 4 is 17.9 Å². The van der Waals surface area contributed by atoms with Gasteiger partial charge in [-0.25, -0.2) is 0 Å². The first kappa shape index (κ1) is 28.1. The molecule has 0 aliphatic heterocycles. The van der Waals surface area contributed by atoms with Crippen LogP contribution in [-0.4, -0.2) is 63.9 Å². The third kappa shape index (κ3) is 12.0. The summed E-state index contributed by atoms with van der Waals surface area (Å²) >= 11 is 0. The SMILES string of the molecule is CCCCC/C=C/CCCC[N+](CC(C)C(=O)O)(CC(C)C(=O)O)CC(C)C(=O)O. The zero-order valence-electron chi connectivity index (χ0n) is 19.2. The molecule has 0 saturated heterocycles. The molecule has 0 aliphatic carbocycles. The van der Waals surface area contributed by atoms with E-state index in [9.17, 15) is 29.7 Å². The lowest BCUT2D eigenvalue weighted by molar-refractivity contribution is -0.934. The molecule has 7 nitrogen and oxygen atoms in total. The minimum Gasteiger partial charge on any atom is -0.481 e. The van der Waals surface area contributed by atoms with Gasteiger partial charge in [-0.2, -0.15) is 0 Å². The Morgan fingerprint density at radius 1 is 0.700 bits per heavy atom. The summed E-state index contributed by atoms with van der Waals surface area (Å²) in [7, 11) is 0. The number of nitrogens with zero attached hydrogens (tertiary/aromatic N) is 1. The van der Waals surface area contributed by atoms with Crippen LogP contribution in [0.2, 0.25) is 0 Å². The average molecular weight is 429 g/mol. The van der Waals surface area contributed by atoms with Crippen molar-refractivity contribution in [2.45, 2.75) is 72.6 Å². The highest BCUT2D eigenvalue weighted by Crippen LogP contribution is 2.21. The topological polar surface area (TPSA) is 112 Å². The average Bonchev–Trinajstić information content (AvgIpc) is 2.66. The summed E-state index contributed by atoms with van der Waals surface area (Å²) in [6.07, 6.45) is 11.7. The first-order valence-electron chi connectivity index (χ1n) is 11.2. The third-order valence-electron chi connectivity index (χ3n) is 5.64. The van der Waals surface area contributed by atoms with Crippen molar-refractivity contribution in [3.05, 3.63) is 12.2 Å². The van der Waals surface area contributed by atoms with Gasteiger partial charge < -0.3 is 19.8 Å². The Morgan fingerprint density at radius 2 is 1.07 bits per heavy atom. The molecule has 3 atom stereocenters. The fourth-order valence-electron chi connectivity index (χ4n) is 3.93. The summed E-state index contributed by atoms with van der Waals surface area (Å²) in [5, 5.41) is 28.2. The molecule has 0 spiro atoms. The monoisotopic (exact) mass is 428 g/mol. The van der Waals surface area contributed by atoms with Gasteiger partial charge in [-0.3, -0.25) is 14.4 Å². The molecule has 0 bridgehead atoms. The molecule has 0 aliphatic rings. The van der Waals surface area contributed by atoms with E-state index in [4.69, 9.17) is 0 Å². The van der Waals surface area contributed by atoms with E-state index < -0.39 is 35.7 Å². The highest BCUT2D eigenvalue weighted by atomic mass is 16.4. The van der Waals surface area contributed by atoms with Gasteiger partial charge in [-0.05, 0) is 52.9 Å². The maximum atomic E-state index is 11.5. The van der Waals surface area contributed by atoms with E-state index in [1.165, 1.54) is 19.3 Å². The number of carboxylic acid groups (broad SMARTS) is 3. The summed E-state index contributed by atoms with van der Waals surface area (Å²) in [4.78, 5) is 34.5. The Bertz CT molecular complexity index is 505. The molecule has 3 N–H and O–H groups in total. The Hall–Kier alpha value is -1.89. The summed E-state index contributed by atoms with van der Waals surface area (Å²) in [6.45, 7) is 8.26. The van der Waals surface area contributed by atoms with Crippen LogP contribution in [0.3, 0.4) is 0 Å². The number of unbranched alkanes of at least 4 members (excludes halogenated alkanes) is 5. The maximum Gasteiger partial charge on any atom is 0.311 e. The van der Waals surface area contributed by atoms with Crippen LogP contribution in [0.1, 0.15) is 72.6 Å². The quantitative estimate of drug-likeness (QED) is 0.171. The number of carboxylic acids is 3. The molecule has 7 heteroatoms. The molecule has 0 fully saturated rings. The number of carbonyl (C=O) groups is 3. The van der Waals surface area contributed by atoms with E-state index in [0.717, 1.165) is 25.7 Å². The largest absolute Gasteiger partial charge is 0.481 e. The number of aliphatic carboxylic acids is 3. The van der Waals surface area contributed by atoms with E-state index in [0.29, 0.717) is 6.54 Å². The third-order valence-corrected chi connectivity index (χ3v) is 5.64. The van der Waals surface area contributed by atoms with Gasteiger partial charge in [-0.15, -0.1) is 0 Å². The number of rotatable bonds is 18. The highest BCUT2D eigenvalue weighted by Gasteiger charge is 2.38. The van der Waals surface area contributed by atoms with E-state index in [-0.39, 0.29) is 24.1 Å². The second-order valence-electron chi connectivity index (χ2n) is 8.79. The smallest absolute Gasteiger partial charge is 0.311 e. The van der Waals surface area contributed by atoms with Gasteiger partial charge in [0.15, 0.2) is 0 Å². The Labute approximate surface area is 181 Å². The Morgan fingerprint density at radius 3 is 1.40 bits per heavy atom. The number of allylic oxidation sites excluding steroid dienone is 2. The summed E-state index contributed by atoms with van der Waals surface area (Å²) < 4.78 is 0.203. The standard InChI is InChI=1S/C23H41NO6/c1-5-6-7-8-9-10-11-12-13-14-24(15-18(2)21(25)26,16-19(3)22(27)28)17-20(4)23(29)30/h9-10,18-20H,5-8,11-17H2,1-4H3,(H2-,25,26,27,28,29,30)/p+1/b10-9+. The van der Waals surface area contributed by atoms with E-state index in [1.807, 2.05) is 0 Å². The van der Waals surface area contributed by atoms with Gasteiger partial charge in [-0.1, -0.05) is 31.9 Å². The van der Waals surface area contributed by atoms with E-state index >= 15 is 0 Å². The van der Waals surface area contributed by atoms with Gasteiger partial charge >= 0.3 is 17.9 Å². The summed E-state index contributed by atoms with van der Waals surface area (Å²) in [5.41, 5.74) is 0. The fourth-order valence-corrected chi connectivity index (χ4v) is 3.93. The molecule has 0 aromatic carbocycles. The Kier molecular flexibility index (Phi) is 14.0. The minimum atomic E-state index is -0.946. The lowest BCUT2D eigenvalue weighted by Gasteiger charge is -2.42. The van der Waals surface area contributed by atoms with Crippen LogP contribution in [0.25, 0.3) is 0 Å². The molecule has 0 aromatic heterocycles. The van der Waals surface area contributed by atoms with Crippen molar-refractivity contribution in [3.63, 3.8) is 0 Å². The zero-order chi connectivity index (χ0) is 23.2. The van der Waals surface area contributed by atoms with Crippen molar-refractivity contribution in [3.8, 4) is 0 Å². The van der Waals surface area contributed by atoms with Crippen LogP contribution in [0.4, 0.5) is 0 Å². The molecule has 0 rings (SSSR count). The second-order valence-corrected chi connectivity index (χ2v) is 8.79. The van der Waals surface area contributed by atoms with Gasteiger partial charge in [0.05, 0.1) is 26.2 Å². The van der Waals surface area contributed by atoms with Gasteiger partial charge in [0.2, 0.25) is 0 Å². The van der Waals surface area contributed by atoms with Gasteiger partial charge in [0.1, 0.15) is 17.8 Å². The first-order chi connectivity index (χ1) is 14.0. The van der Waals surface area contributed by atoms with Crippen LogP contribution in [0, 0.1) is 17.8 Å². The lowest BCUT2D eigenvalue weighted by atomic mass is 10.0. The predicted octanol–water partition coefficient (Wildman–Crippen LogP) is 4.27. The molecule has 0 aromatic rings. The van der Waals surface area contributed by atoms with Crippen molar-refractivity contribution in [2.75, 3.05) is 26.2 Å². The molecular weight excluding hydrogens is 386 g/mol. The predicted molar refractivity (Wildman–Crippen MR) is 117 cm³/mol. The minimum absolute atomic E-state index is 0.203. The molecule has 174 valence electrons. The molecule has 0 heterocycles. The van der Waals surface area contributed by atoms with E-state index in [2.05, 4.69) is 19.1 Å². The van der Waals surface area contributed by atoms with Crippen LogP contribution in [0.15, 0.2) is 12.2 Å². The van der Waals surface area contributed by atoms with Crippen LogP contribution >= 0.6 is 0 Å². The van der Waals surface area contributed by atoms with Crippen molar-refractivity contribution in [2.24, 2.45) is 17.8 Å². The Balaban J connectivity index is 5.20. The number of hydrogen-bond acceptors (Lipinski definition) is 3. The highest BCUT2D eigenvalue weighted by molar-refractivity contribution is 5.70. The van der Waals surface area contributed by atoms with Gasteiger partial charge in [0.25, 0.3) is 0 Å². The van der Waals surface area contributed by atoms with Crippen LogP contribution in [-0.2, 0) is 14.4 Å². The fraction of sp³-hybridized carbons (Fsp3) is 0.783. The molecule has 3 unspecified atom stereocenters. The van der Waals surface area contributed by atoms with Gasteiger partial charge in [0, 0.05) is 0 Å². The molecule has 0 radical (unpaired) electrons. The molecule has 30 heavy (non-hydrogen) atoms. The first-order valence-corrected chi connectivity index (χ1v) is 11.2. The number of quaternary nitrogens is 1. The second kappa shape index (κ2) is 15.0. The molecular formula is C23H42NO6+. The van der Waals surface area contributed by atoms with Crippen molar-refractivity contribution in [1.82, 2.24) is 0 Å². The molecule has 0 amide bonds. The number of hydrogen-bond donors (Lipinski definition) is 3. The molecule has 0 saturated carbocycles. The normalized spacial score (nSPS) is 16.7. The zero-order valence-corrected chi connectivity index (χ0v) is 19.2. The van der Waals surface area contributed by atoms with Crippen LogP contribution < -0.4 is 0 Å². The maximum absolute atomic E-state index is 11.5. The lowest BCUT2D eigenvalue weighted by Crippen LogP contribution is -2.57. The van der Waals surface area contributed by atoms with Crippen molar-refractivity contribution < 1.29 is 34.2 Å². The van der Waals surface area contributed by atoms with Crippen molar-refractivity contribution in [1.29, 1.82) is 0 Å². The summed E-state index contributed by atoms with van der Waals surface area (Å²) in [5.74, 6) is -4.86.